The molecule has 0 bridgehead atoms. The molecule has 2 saturated heterocycles. The zero-order valence-electron chi connectivity index (χ0n) is 16.9. The van der Waals surface area contributed by atoms with Crippen molar-refractivity contribution in [3.8, 4) is 0 Å². The molecule has 2 heterocycles. The topological polar surface area (TPSA) is 113 Å². The second-order valence-corrected chi connectivity index (χ2v) is 11.2. The van der Waals surface area contributed by atoms with Crippen LogP contribution in [0, 0.1) is 17.8 Å². The van der Waals surface area contributed by atoms with Crippen LogP contribution in [0.15, 0.2) is 0 Å². The summed E-state index contributed by atoms with van der Waals surface area (Å²) < 4.78 is 28.8. The van der Waals surface area contributed by atoms with Gasteiger partial charge in [-0.3, -0.25) is 19.7 Å². The SMILES string of the molecule is CC1CCCCC1S(=O)(=O)NC1CCC2C(=O)N(C3CCC(=O)NC3=O)CC2C1. The van der Waals surface area contributed by atoms with Crippen LogP contribution in [0.3, 0.4) is 0 Å². The number of carbonyl (C=O) groups is 3. The fourth-order valence-corrected chi connectivity index (χ4v) is 7.86. The van der Waals surface area contributed by atoms with E-state index in [9.17, 15) is 22.8 Å². The number of nitrogens with zero attached hydrogens (tertiary/aromatic N) is 1. The lowest BCUT2D eigenvalue weighted by molar-refractivity contribution is -0.144. The van der Waals surface area contributed by atoms with Gasteiger partial charge in [-0.15, -0.1) is 0 Å². The van der Waals surface area contributed by atoms with Gasteiger partial charge in [-0.1, -0.05) is 19.8 Å². The molecular weight excluding hydrogens is 394 g/mol. The zero-order valence-corrected chi connectivity index (χ0v) is 17.7. The highest BCUT2D eigenvalue weighted by molar-refractivity contribution is 7.90. The van der Waals surface area contributed by atoms with Gasteiger partial charge >= 0.3 is 0 Å². The fraction of sp³-hybridized carbons (Fsp3) is 0.850. The van der Waals surface area contributed by atoms with E-state index >= 15 is 0 Å². The summed E-state index contributed by atoms with van der Waals surface area (Å²) in [5.41, 5.74) is 0. The summed E-state index contributed by atoms with van der Waals surface area (Å²) in [4.78, 5) is 38.1. The zero-order chi connectivity index (χ0) is 20.8. The Morgan fingerprint density at radius 2 is 1.79 bits per heavy atom. The van der Waals surface area contributed by atoms with Crippen LogP contribution in [0.25, 0.3) is 0 Å². The number of imide groups is 1. The molecule has 0 spiro atoms. The molecule has 2 aliphatic heterocycles. The van der Waals surface area contributed by atoms with E-state index in [2.05, 4.69) is 10.0 Å². The van der Waals surface area contributed by atoms with Crippen molar-refractivity contribution in [3.05, 3.63) is 0 Å². The summed E-state index contributed by atoms with van der Waals surface area (Å²) >= 11 is 0. The molecule has 2 saturated carbocycles. The number of amides is 3. The normalized spacial score (nSPS) is 38.7. The number of rotatable bonds is 4. The van der Waals surface area contributed by atoms with Crippen molar-refractivity contribution in [2.45, 2.75) is 82.0 Å². The third-order valence-corrected chi connectivity index (χ3v) is 9.52. The first-order valence-electron chi connectivity index (χ1n) is 10.9. The smallest absolute Gasteiger partial charge is 0.249 e. The van der Waals surface area contributed by atoms with Gasteiger partial charge in [-0.25, -0.2) is 13.1 Å². The second kappa shape index (κ2) is 7.98. The van der Waals surface area contributed by atoms with Gasteiger partial charge in [0, 0.05) is 24.9 Å². The van der Waals surface area contributed by atoms with Gasteiger partial charge in [-0.05, 0) is 50.4 Å². The van der Waals surface area contributed by atoms with E-state index in [1.165, 1.54) is 0 Å². The predicted octanol–water partition coefficient (Wildman–Crippen LogP) is 0.917. The monoisotopic (exact) mass is 425 g/mol. The number of piperidine rings is 1. The van der Waals surface area contributed by atoms with Crippen molar-refractivity contribution in [1.82, 2.24) is 14.9 Å². The second-order valence-electron chi connectivity index (χ2n) is 9.30. The van der Waals surface area contributed by atoms with Crippen molar-refractivity contribution in [2.75, 3.05) is 6.54 Å². The van der Waals surface area contributed by atoms with Gasteiger partial charge in [0.25, 0.3) is 0 Å². The van der Waals surface area contributed by atoms with Crippen molar-refractivity contribution < 1.29 is 22.8 Å². The largest absolute Gasteiger partial charge is 0.330 e. The fourth-order valence-electron chi connectivity index (χ4n) is 5.78. The Balaban J connectivity index is 1.39. The molecule has 4 aliphatic rings. The van der Waals surface area contributed by atoms with E-state index in [-0.39, 0.29) is 47.3 Å². The summed E-state index contributed by atoms with van der Waals surface area (Å²) in [6.07, 6.45) is 6.26. The van der Waals surface area contributed by atoms with Crippen LogP contribution in [0.5, 0.6) is 0 Å². The molecule has 2 aliphatic carbocycles. The highest BCUT2D eigenvalue weighted by Gasteiger charge is 2.48. The first-order valence-corrected chi connectivity index (χ1v) is 12.5. The quantitative estimate of drug-likeness (QED) is 0.651. The summed E-state index contributed by atoms with van der Waals surface area (Å²) in [5.74, 6) is -0.619. The number of hydrogen-bond acceptors (Lipinski definition) is 5. The third kappa shape index (κ3) is 4.08. The standard InChI is InChI=1S/C20H31N3O5S/c1-12-4-2-3-5-17(12)29(27,28)22-14-6-7-15-13(10-14)11-23(20(15)26)16-8-9-18(24)21-19(16)25/h12-17,22H,2-11H2,1H3,(H,21,24,25). The van der Waals surface area contributed by atoms with Crippen molar-refractivity contribution in [3.63, 3.8) is 0 Å². The summed E-state index contributed by atoms with van der Waals surface area (Å²) in [5, 5.41) is 2.00. The Morgan fingerprint density at radius 1 is 1.03 bits per heavy atom. The molecular formula is C20H31N3O5S. The summed E-state index contributed by atoms with van der Waals surface area (Å²) in [7, 11) is -3.37. The minimum absolute atomic E-state index is 0.0216. The molecule has 0 aromatic rings. The average molecular weight is 426 g/mol. The molecule has 2 N–H and O–H groups in total. The van der Waals surface area contributed by atoms with Crippen LogP contribution < -0.4 is 10.0 Å². The minimum Gasteiger partial charge on any atom is -0.330 e. The Morgan fingerprint density at radius 3 is 2.52 bits per heavy atom. The van der Waals surface area contributed by atoms with Gasteiger partial charge in [0.15, 0.2) is 0 Å². The number of nitrogens with one attached hydrogen (secondary N) is 2. The number of sulfonamides is 1. The van der Waals surface area contributed by atoms with E-state index in [1.807, 2.05) is 6.92 Å². The van der Waals surface area contributed by atoms with Crippen molar-refractivity contribution in [2.24, 2.45) is 17.8 Å². The Hall–Kier alpha value is -1.48. The van der Waals surface area contributed by atoms with Crippen LogP contribution >= 0.6 is 0 Å². The minimum atomic E-state index is -3.37. The van der Waals surface area contributed by atoms with Crippen LogP contribution in [0.1, 0.15) is 64.7 Å². The van der Waals surface area contributed by atoms with Gasteiger partial charge in [0.05, 0.1) is 5.25 Å². The molecule has 6 atom stereocenters. The first-order chi connectivity index (χ1) is 13.8. The molecule has 0 radical (unpaired) electrons. The number of likely N-dealkylation sites (tertiary alicyclic amines) is 1. The van der Waals surface area contributed by atoms with Crippen molar-refractivity contribution in [1.29, 1.82) is 0 Å². The Kier molecular flexibility index (Phi) is 5.72. The van der Waals surface area contributed by atoms with E-state index in [1.54, 1.807) is 4.90 Å². The van der Waals surface area contributed by atoms with E-state index in [0.717, 1.165) is 25.7 Å². The van der Waals surface area contributed by atoms with Crippen LogP contribution in [-0.4, -0.2) is 54.9 Å². The van der Waals surface area contributed by atoms with E-state index < -0.39 is 22.0 Å². The molecule has 0 aromatic carbocycles. The number of carbonyl (C=O) groups excluding carboxylic acids is 3. The maximum Gasteiger partial charge on any atom is 0.249 e. The number of fused-ring (bicyclic) bond motifs is 1. The molecule has 8 nitrogen and oxygen atoms in total. The number of hydrogen-bond donors (Lipinski definition) is 2. The van der Waals surface area contributed by atoms with E-state index in [0.29, 0.717) is 32.2 Å². The molecule has 9 heteroatoms. The van der Waals surface area contributed by atoms with Crippen LogP contribution in [-0.2, 0) is 24.4 Å². The van der Waals surface area contributed by atoms with E-state index in [4.69, 9.17) is 0 Å². The van der Waals surface area contributed by atoms with Crippen LogP contribution in [0.4, 0.5) is 0 Å². The predicted molar refractivity (Wildman–Crippen MR) is 106 cm³/mol. The molecule has 29 heavy (non-hydrogen) atoms. The Labute approximate surface area is 172 Å². The molecule has 4 fully saturated rings. The van der Waals surface area contributed by atoms with Gasteiger partial charge in [0.1, 0.15) is 6.04 Å². The highest BCUT2D eigenvalue weighted by Crippen LogP contribution is 2.39. The lowest BCUT2D eigenvalue weighted by atomic mass is 9.79. The summed E-state index contributed by atoms with van der Waals surface area (Å²) in [6, 6.07) is -0.728. The van der Waals surface area contributed by atoms with Gasteiger partial charge < -0.3 is 4.90 Å². The lowest BCUT2D eigenvalue weighted by Gasteiger charge is -2.34. The molecule has 0 aromatic heterocycles. The first kappa shape index (κ1) is 20.8. The van der Waals surface area contributed by atoms with Crippen molar-refractivity contribution >= 4 is 27.7 Å². The average Bonchev–Trinajstić information content (AvgIpc) is 2.97. The molecule has 6 unspecified atom stereocenters. The molecule has 3 amide bonds. The highest BCUT2D eigenvalue weighted by atomic mass is 32.2. The Bertz CT molecular complexity index is 798. The van der Waals surface area contributed by atoms with Gasteiger partial charge in [0.2, 0.25) is 27.7 Å². The summed E-state index contributed by atoms with van der Waals surface area (Å²) in [6.45, 7) is 2.49. The molecule has 162 valence electrons. The maximum absolute atomic E-state index is 12.9. The molecule has 4 rings (SSSR count). The lowest BCUT2D eigenvalue weighted by Crippen LogP contribution is -2.53. The maximum atomic E-state index is 12.9. The van der Waals surface area contributed by atoms with Gasteiger partial charge in [-0.2, -0.15) is 0 Å². The van der Waals surface area contributed by atoms with Crippen LogP contribution in [0.2, 0.25) is 0 Å². The third-order valence-electron chi connectivity index (χ3n) is 7.36.